The summed E-state index contributed by atoms with van der Waals surface area (Å²) >= 11 is 2.74. The lowest BCUT2D eigenvalue weighted by atomic mass is 10.4. The molecule has 2 amide bonds. The number of hydrogen-bond donors (Lipinski definition) is 2. The largest absolute Gasteiger partial charge is 0.476 e. The van der Waals surface area contributed by atoms with E-state index in [0.29, 0.717) is 29.6 Å². The molecule has 0 atom stereocenters. The second-order valence-corrected chi connectivity index (χ2v) is 6.00. The van der Waals surface area contributed by atoms with Gasteiger partial charge in [-0.25, -0.2) is 9.78 Å². The molecular weight excluding hydrogens is 302 g/mol. The lowest BCUT2D eigenvalue weighted by molar-refractivity contribution is -0.132. The van der Waals surface area contributed by atoms with Crippen molar-refractivity contribution in [3.63, 3.8) is 0 Å². The van der Waals surface area contributed by atoms with Gasteiger partial charge in [0.15, 0.2) is 5.69 Å². The maximum Gasteiger partial charge on any atom is 0.355 e. The van der Waals surface area contributed by atoms with Gasteiger partial charge in [-0.05, 0) is 0 Å². The van der Waals surface area contributed by atoms with Crippen molar-refractivity contribution in [2.75, 3.05) is 24.7 Å². The molecular formula is C11H13N3O4S2. The highest BCUT2D eigenvalue weighted by Crippen LogP contribution is 2.14. The van der Waals surface area contributed by atoms with Gasteiger partial charge < -0.3 is 15.3 Å². The number of hydrogen-bond acceptors (Lipinski definition) is 6. The molecule has 7 nitrogen and oxygen atoms in total. The summed E-state index contributed by atoms with van der Waals surface area (Å²) < 4.78 is 0. The Kier molecular flexibility index (Phi) is 4.96. The van der Waals surface area contributed by atoms with Crippen LogP contribution < -0.4 is 5.32 Å². The molecule has 1 aromatic heterocycles. The number of carbonyl (C=O) groups is 3. The zero-order chi connectivity index (χ0) is 14.5. The quantitative estimate of drug-likeness (QED) is 0.768. The van der Waals surface area contributed by atoms with E-state index in [2.05, 4.69) is 10.3 Å². The number of amides is 2. The predicted octanol–water partition coefficient (Wildman–Crippen LogP) is 0.0329. The van der Waals surface area contributed by atoms with Crippen LogP contribution in [0.2, 0.25) is 0 Å². The molecule has 0 aromatic carbocycles. The van der Waals surface area contributed by atoms with Gasteiger partial charge in [0.05, 0.1) is 16.6 Å². The molecule has 1 aromatic rings. The Balaban J connectivity index is 1.70. The summed E-state index contributed by atoms with van der Waals surface area (Å²) in [5.41, 5.74) is 0.0241. The standard InChI is InChI=1S/C11H13N3O4S2/c15-8(3-14-6-19-5-10(14)16)12-2-1-9-13-7(4-20-9)11(17)18/h4H,1-3,5-6H2,(H,12,15)(H,17,18). The van der Waals surface area contributed by atoms with Crippen LogP contribution in [0.4, 0.5) is 0 Å². The van der Waals surface area contributed by atoms with Crippen molar-refractivity contribution in [3.05, 3.63) is 16.1 Å². The molecule has 0 unspecified atom stereocenters. The van der Waals surface area contributed by atoms with E-state index in [0.717, 1.165) is 0 Å². The van der Waals surface area contributed by atoms with Crippen molar-refractivity contribution in [2.24, 2.45) is 0 Å². The lowest BCUT2D eigenvalue weighted by Gasteiger charge is -2.13. The van der Waals surface area contributed by atoms with Gasteiger partial charge in [0.2, 0.25) is 11.8 Å². The third kappa shape index (κ3) is 3.94. The summed E-state index contributed by atoms with van der Waals surface area (Å²) in [6, 6.07) is 0. The molecule has 1 saturated heterocycles. The van der Waals surface area contributed by atoms with Crippen molar-refractivity contribution in [1.29, 1.82) is 0 Å². The average molecular weight is 315 g/mol. The minimum atomic E-state index is -1.05. The monoisotopic (exact) mass is 315 g/mol. The van der Waals surface area contributed by atoms with Gasteiger partial charge in [0, 0.05) is 18.3 Å². The number of thioether (sulfide) groups is 1. The summed E-state index contributed by atoms with van der Waals surface area (Å²) in [6.45, 7) is 0.449. The fourth-order valence-corrected chi connectivity index (χ4v) is 3.28. The van der Waals surface area contributed by atoms with E-state index in [1.807, 2.05) is 0 Å². The number of thiazole rings is 1. The fourth-order valence-electron chi connectivity index (χ4n) is 1.60. The van der Waals surface area contributed by atoms with Gasteiger partial charge in [-0.3, -0.25) is 9.59 Å². The number of aromatic nitrogens is 1. The topological polar surface area (TPSA) is 99.6 Å². The summed E-state index contributed by atoms with van der Waals surface area (Å²) in [6.07, 6.45) is 0.479. The van der Waals surface area contributed by atoms with E-state index < -0.39 is 5.97 Å². The van der Waals surface area contributed by atoms with Crippen LogP contribution >= 0.6 is 23.1 Å². The first-order valence-electron chi connectivity index (χ1n) is 5.86. The molecule has 20 heavy (non-hydrogen) atoms. The molecule has 2 rings (SSSR count). The SMILES string of the molecule is O=C(CN1CSCC1=O)NCCc1nc(C(=O)O)cs1. The van der Waals surface area contributed by atoms with Crippen LogP contribution in [0.3, 0.4) is 0 Å². The summed E-state index contributed by atoms with van der Waals surface area (Å²) in [4.78, 5) is 39.0. The average Bonchev–Trinajstić information content (AvgIpc) is 3.00. The van der Waals surface area contributed by atoms with Gasteiger partial charge in [0.1, 0.15) is 6.54 Å². The van der Waals surface area contributed by atoms with Crippen LogP contribution in [0.15, 0.2) is 5.38 Å². The van der Waals surface area contributed by atoms with Crippen molar-refractivity contribution < 1.29 is 19.5 Å². The molecule has 2 N–H and O–H groups in total. The molecule has 9 heteroatoms. The molecule has 0 radical (unpaired) electrons. The van der Waals surface area contributed by atoms with Gasteiger partial charge in [-0.15, -0.1) is 23.1 Å². The summed E-state index contributed by atoms with van der Waals surface area (Å²) in [7, 11) is 0. The minimum Gasteiger partial charge on any atom is -0.476 e. The zero-order valence-electron chi connectivity index (χ0n) is 10.5. The normalized spacial score (nSPS) is 14.6. The molecule has 0 spiro atoms. The van der Waals surface area contributed by atoms with Gasteiger partial charge >= 0.3 is 5.97 Å². The second-order valence-electron chi connectivity index (χ2n) is 4.10. The van der Waals surface area contributed by atoms with E-state index in [1.54, 1.807) is 0 Å². The Hall–Kier alpha value is -1.61. The number of aromatic carboxylic acids is 1. The Labute approximate surface area is 123 Å². The minimum absolute atomic E-state index is 0.0174. The van der Waals surface area contributed by atoms with Crippen LogP contribution in [0.5, 0.6) is 0 Å². The van der Waals surface area contributed by atoms with E-state index in [9.17, 15) is 14.4 Å². The Bertz CT molecular complexity index is 531. The maximum atomic E-state index is 11.6. The lowest BCUT2D eigenvalue weighted by Crippen LogP contribution is -2.38. The number of nitrogens with one attached hydrogen (secondary N) is 1. The Morgan fingerprint density at radius 3 is 2.90 bits per heavy atom. The number of carboxylic acid groups (broad SMARTS) is 1. The third-order valence-electron chi connectivity index (χ3n) is 2.59. The molecule has 108 valence electrons. The van der Waals surface area contributed by atoms with Crippen molar-refractivity contribution in [2.45, 2.75) is 6.42 Å². The van der Waals surface area contributed by atoms with Crippen LogP contribution in [0.1, 0.15) is 15.5 Å². The predicted molar refractivity (Wildman–Crippen MR) is 74.8 cm³/mol. The number of carboxylic acids is 1. The van der Waals surface area contributed by atoms with E-state index in [-0.39, 0.29) is 24.1 Å². The molecule has 2 heterocycles. The first-order chi connectivity index (χ1) is 9.56. The molecule has 1 fully saturated rings. The fraction of sp³-hybridized carbons (Fsp3) is 0.455. The van der Waals surface area contributed by atoms with E-state index in [1.165, 1.54) is 33.4 Å². The highest BCUT2D eigenvalue weighted by atomic mass is 32.2. The van der Waals surface area contributed by atoms with Crippen LogP contribution in [0, 0.1) is 0 Å². The number of carbonyl (C=O) groups excluding carboxylic acids is 2. The first-order valence-corrected chi connectivity index (χ1v) is 7.89. The third-order valence-corrected chi connectivity index (χ3v) is 4.45. The highest BCUT2D eigenvalue weighted by Gasteiger charge is 2.22. The molecule has 1 aliphatic rings. The highest BCUT2D eigenvalue weighted by molar-refractivity contribution is 8.00. The second kappa shape index (κ2) is 6.71. The number of rotatable bonds is 6. The molecule has 1 aliphatic heterocycles. The van der Waals surface area contributed by atoms with Crippen LogP contribution in [0.25, 0.3) is 0 Å². The van der Waals surface area contributed by atoms with E-state index in [4.69, 9.17) is 5.11 Å². The van der Waals surface area contributed by atoms with Gasteiger partial charge in [0.25, 0.3) is 0 Å². The maximum absolute atomic E-state index is 11.6. The van der Waals surface area contributed by atoms with Crippen molar-refractivity contribution >= 4 is 40.9 Å². The Morgan fingerprint density at radius 1 is 1.50 bits per heavy atom. The van der Waals surface area contributed by atoms with Crippen LogP contribution in [-0.2, 0) is 16.0 Å². The van der Waals surface area contributed by atoms with Gasteiger partial charge in [-0.2, -0.15) is 0 Å². The molecule has 0 saturated carbocycles. The number of nitrogens with zero attached hydrogens (tertiary/aromatic N) is 2. The molecule has 0 aliphatic carbocycles. The zero-order valence-corrected chi connectivity index (χ0v) is 12.1. The smallest absolute Gasteiger partial charge is 0.355 e. The summed E-state index contributed by atoms with van der Waals surface area (Å²) in [5.74, 6) is -0.293. The Morgan fingerprint density at radius 2 is 2.30 bits per heavy atom. The van der Waals surface area contributed by atoms with Crippen molar-refractivity contribution in [1.82, 2.24) is 15.2 Å². The van der Waals surface area contributed by atoms with E-state index >= 15 is 0 Å². The van der Waals surface area contributed by atoms with Crippen molar-refractivity contribution in [3.8, 4) is 0 Å². The first kappa shape index (κ1) is 14.8. The molecule has 0 bridgehead atoms. The van der Waals surface area contributed by atoms with Gasteiger partial charge in [-0.1, -0.05) is 0 Å². The van der Waals surface area contributed by atoms with Crippen LogP contribution in [-0.4, -0.2) is 57.5 Å². The summed E-state index contributed by atoms with van der Waals surface area (Å²) in [5, 5.41) is 13.6.